The molecule has 1 amide bonds. The van der Waals surface area contributed by atoms with E-state index in [1.54, 1.807) is 74.1 Å². The lowest BCUT2D eigenvalue weighted by Gasteiger charge is -2.09. The monoisotopic (exact) mass is 402 g/mol. The Morgan fingerprint density at radius 1 is 1.10 bits per heavy atom. The van der Waals surface area contributed by atoms with E-state index in [2.05, 4.69) is 15.4 Å². The number of nitrogens with one attached hydrogen (secondary N) is 1. The fourth-order valence-electron chi connectivity index (χ4n) is 3.04. The van der Waals surface area contributed by atoms with Crippen molar-refractivity contribution in [2.75, 3.05) is 7.11 Å². The van der Waals surface area contributed by atoms with Gasteiger partial charge in [-0.2, -0.15) is 5.10 Å². The molecule has 0 radical (unpaired) electrons. The van der Waals surface area contributed by atoms with Crippen LogP contribution in [0.1, 0.15) is 16.1 Å². The summed E-state index contributed by atoms with van der Waals surface area (Å²) in [7, 11) is 1.58. The molecule has 0 atom stereocenters. The normalized spacial score (nSPS) is 10.6. The number of halogens is 1. The molecule has 0 aliphatic carbocycles. The molecule has 150 valence electrons. The van der Waals surface area contributed by atoms with Gasteiger partial charge < -0.3 is 10.1 Å². The molecule has 2 aromatic carbocycles. The molecule has 30 heavy (non-hydrogen) atoms. The Morgan fingerprint density at radius 3 is 2.60 bits per heavy atom. The Kier molecular flexibility index (Phi) is 5.52. The van der Waals surface area contributed by atoms with Gasteiger partial charge in [0, 0.05) is 24.5 Å². The van der Waals surface area contributed by atoms with Crippen molar-refractivity contribution in [3.05, 3.63) is 96.2 Å². The van der Waals surface area contributed by atoms with Crippen LogP contribution in [0.3, 0.4) is 0 Å². The number of hydrogen-bond donors (Lipinski definition) is 1. The summed E-state index contributed by atoms with van der Waals surface area (Å²) in [5, 5.41) is 7.37. The zero-order valence-electron chi connectivity index (χ0n) is 16.2. The molecule has 2 aromatic heterocycles. The number of carbonyl (C=O) groups excluding carboxylic acids is 1. The number of rotatable bonds is 6. The smallest absolute Gasteiger partial charge is 0.270 e. The standard InChI is InChI=1S/C23H19FN4O2/c1-30-18-10-8-17(9-11-18)28-22(23(29)26-15-16-5-4-12-25-14-16)13-21(27-28)19-6-2-3-7-20(19)24/h2-14H,15H2,1H3,(H,26,29). The van der Waals surface area contributed by atoms with E-state index in [9.17, 15) is 9.18 Å². The molecular weight excluding hydrogens is 383 g/mol. The maximum Gasteiger partial charge on any atom is 0.270 e. The highest BCUT2D eigenvalue weighted by molar-refractivity contribution is 5.94. The molecule has 2 heterocycles. The molecule has 7 heteroatoms. The lowest BCUT2D eigenvalue weighted by molar-refractivity contribution is 0.0943. The van der Waals surface area contributed by atoms with Gasteiger partial charge in [0.2, 0.25) is 0 Å². The third-order valence-corrected chi connectivity index (χ3v) is 4.58. The molecular formula is C23H19FN4O2. The maximum atomic E-state index is 14.3. The minimum Gasteiger partial charge on any atom is -0.497 e. The van der Waals surface area contributed by atoms with E-state index in [1.165, 1.54) is 10.7 Å². The van der Waals surface area contributed by atoms with E-state index in [0.717, 1.165) is 5.56 Å². The van der Waals surface area contributed by atoms with Crippen LogP contribution in [0.5, 0.6) is 5.75 Å². The van der Waals surface area contributed by atoms with Crippen molar-refractivity contribution in [1.82, 2.24) is 20.1 Å². The molecule has 0 spiro atoms. The molecule has 0 aliphatic heterocycles. The van der Waals surface area contributed by atoms with Crippen LogP contribution in [0, 0.1) is 5.82 Å². The highest BCUT2D eigenvalue weighted by Crippen LogP contribution is 2.25. The fourth-order valence-corrected chi connectivity index (χ4v) is 3.04. The number of carbonyl (C=O) groups is 1. The zero-order valence-corrected chi connectivity index (χ0v) is 16.2. The van der Waals surface area contributed by atoms with Gasteiger partial charge in [-0.1, -0.05) is 18.2 Å². The highest BCUT2D eigenvalue weighted by atomic mass is 19.1. The lowest BCUT2D eigenvalue weighted by Crippen LogP contribution is -2.25. The van der Waals surface area contributed by atoms with Gasteiger partial charge in [0.25, 0.3) is 5.91 Å². The van der Waals surface area contributed by atoms with Crippen LogP contribution in [0.4, 0.5) is 4.39 Å². The van der Waals surface area contributed by atoms with Crippen molar-refractivity contribution >= 4 is 5.91 Å². The highest BCUT2D eigenvalue weighted by Gasteiger charge is 2.19. The summed E-state index contributed by atoms with van der Waals surface area (Å²) in [6, 6.07) is 18.7. The number of ether oxygens (including phenoxy) is 1. The molecule has 0 bridgehead atoms. The summed E-state index contributed by atoms with van der Waals surface area (Å²) in [4.78, 5) is 17.0. The number of pyridine rings is 1. The van der Waals surface area contributed by atoms with Crippen LogP contribution in [0.25, 0.3) is 16.9 Å². The molecule has 1 N–H and O–H groups in total. The molecule has 4 rings (SSSR count). The van der Waals surface area contributed by atoms with Crippen molar-refractivity contribution in [1.29, 1.82) is 0 Å². The number of benzene rings is 2. The average Bonchev–Trinajstić information content (AvgIpc) is 3.24. The molecule has 0 saturated carbocycles. The Labute approximate surface area is 173 Å². The van der Waals surface area contributed by atoms with Crippen LogP contribution in [-0.2, 0) is 6.54 Å². The SMILES string of the molecule is COc1ccc(-n2nc(-c3ccccc3F)cc2C(=O)NCc2cccnc2)cc1. The van der Waals surface area contributed by atoms with Gasteiger partial charge in [0.15, 0.2) is 0 Å². The van der Waals surface area contributed by atoms with E-state index in [-0.39, 0.29) is 5.91 Å². The van der Waals surface area contributed by atoms with Crippen molar-refractivity contribution in [2.24, 2.45) is 0 Å². The number of amides is 1. The molecule has 0 fully saturated rings. The first-order valence-corrected chi connectivity index (χ1v) is 9.32. The molecule has 4 aromatic rings. The second-order valence-electron chi connectivity index (χ2n) is 6.55. The van der Waals surface area contributed by atoms with Crippen LogP contribution in [0.2, 0.25) is 0 Å². The quantitative estimate of drug-likeness (QED) is 0.529. The maximum absolute atomic E-state index is 14.3. The lowest BCUT2D eigenvalue weighted by atomic mass is 10.1. The van der Waals surface area contributed by atoms with Gasteiger partial charge in [-0.25, -0.2) is 9.07 Å². The fraction of sp³-hybridized carbons (Fsp3) is 0.0870. The van der Waals surface area contributed by atoms with Crippen LogP contribution in [0.15, 0.2) is 79.1 Å². The number of aromatic nitrogens is 3. The summed E-state index contributed by atoms with van der Waals surface area (Å²) in [6.07, 6.45) is 3.36. The molecule has 6 nitrogen and oxygen atoms in total. The number of hydrogen-bond acceptors (Lipinski definition) is 4. The van der Waals surface area contributed by atoms with Gasteiger partial charge in [-0.15, -0.1) is 0 Å². The zero-order chi connectivity index (χ0) is 20.9. The van der Waals surface area contributed by atoms with Crippen LogP contribution >= 0.6 is 0 Å². The predicted octanol–water partition coefficient (Wildman–Crippen LogP) is 4.01. The minimum absolute atomic E-state index is 0.294. The van der Waals surface area contributed by atoms with Gasteiger partial charge in [0.1, 0.15) is 17.3 Å². The Bertz CT molecular complexity index is 1160. The summed E-state index contributed by atoms with van der Waals surface area (Å²) in [5.41, 5.74) is 2.52. The predicted molar refractivity (Wildman–Crippen MR) is 111 cm³/mol. The van der Waals surface area contributed by atoms with Crippen molar-refractivity contribution in [3.63, 3.8) is 0 Å². The second kappa shape index (κ2) is 8.57. The third-order valence-electron chi connectivity index (χ3n) is 4.58. The summed E-state index contributed by atoms with van der Waals surface area (Å²) in [6.45, 7) is 0.315. The van der Waals surface area contributed by atoms with Gasteiger partial charge in [0.05, 0.1) is 18.5 Å². The first kappa shape index (κ1) is 19.3. The largest absolute Gasteiger partial charge is 0.497 e. The number of methoxy groups -OCH3 is 1. The average molecular weight is 402 g/mol. The van der Waals surface area contributed by atoms with Crippen molar-refractivity contribution in [3.8, 4) is 22.7 Å². The van der Waals surface area contributed by atoms with Gasteiger partial charge in [-0.3, -0.25) is 9.78 Å². The third kappa shape index (κ3) is 4.05. The second-order valence-corrected chi connectivity index (χ2v) is 6.55. The molecule has 0 aliphatic rings. The minimum atomic E-state index is -0.404. The first-order valence-electron chi connectivity index (χ1n) is 9.32. The summed E-state index contributed by atoms with van der Waals surface area (Å²) >= 11 is 0. The van der Waals surface area contributed by atoms with E-state index in [1.807, 2.05) is 6.07 Å². The topological polar surface area (TPSA) is 69.0 Å². The Morgan fingerprint density at radius 2 is 1.90 bits per heavy atom. The Hall–Kier alpha value is -4.00. The van der Waals surface area contributed by atoms with E-state index in [0.29, 0.717) is 34.9 Å². The van der Waals surface area contributed by atoms with Crippen molar-refractivity contribution in [2.45, 2.75) is 6.54 Å². The van der Waals surface area contributed by atoms with Gasteiger partial charge in [-0.05, 0) is 54.1 Å². The van der Waals surface area contributed by atoms with Gasteiger partial charge >= 0.3 is 0 Å². The Balaban J connectivity index is 1.71. The first-order chi connectivity index (χ1) is 14.7. The van der Waals surface area contributed by atoms with E-state index in [4.69, 9.17) is 4.74 Å². The van der Waals surface area contributed by atoms with E-state index >= 15 is 0 Å². The van der Waals surface area contributed by atoms with Crippen molar-refractivity contribution < 1.29 is 13.9 Å². The van der Waals surface area contributed by atoms with E-state index < -0.39 is 5.82 Å². The van der Waals surface area contributed by atoms with Crippen LogP contribution in [-0.4, -0.2) is 27.8 Å². The summed E-state index contributed by atoms with van der Waals surface area (Å²) < 4.78 is 21.0. The van der Waals surface area contributed by atoms with Crippen LogP contribution < -0.4 is 10.1 Å². The molecule has 0 saturated heterocycles. The summed E-state index contributed by atoms with van der Waals surface area (Å²) in [5.74, 6) is -0.0493. The molecule has 0 unspecified atom stereocenters. The number of nitrogens with zero attached hydrogens (tertiary/aromatic N) is 3.